The SMILES string of the molecule is CCOC(=O)c1ccc(NC(=O)CCCOc2ccc(Cl)cc2C)cc1. The predicted molar refractivity (Wildman–Crippen MR) is 102 cm³/mol. The zero-order valence-electron chi connectivity index (χ0n) is 14.9. The molecule has 0 spiro atoms. The maximum atomic E-state index is 12.0. The highest BCUT2D eigenvalue weighted by Crippen LogP contribution is 2.22. The molecule has 1 N–H and O–H groups in total. The van der Waals surface area contributed by atoms with Crippen LogP contribution < -0.4 is 10.1 Å². The van der Waals surface area contributed by atoms with E-state index in [2.05, 4.69) is 5.32 Å². The van der Waals surface area contributed by atoms with E-state index in [1.165, 1.54) is 0 Å². The van der Waals surface area contributed by atoms with Crippen LogP contribution in [-0.2, 0) is 9.53 Å². The Morgan fingerprint density at radius 3 is 2.50 bits per heavy atom. The first kappa shape index (κ1) is 19.8. The Hall–Kier alpha value is -2.53. The number of aryl methyl sites for hydroxylation is 1. The first-order chi connectivity index (χ1) is 12.5. The van der Waals surface area contributed by atoms with Crippen molar-refractivity contribution in [3.8, 4) is 5.75 Å². The van der Waals surface area contributed by atoms with E-state index in [1.807, 2.05) is 19.1 Å². The molecule has 0 fully saturated rings. The van der Waals surface area contributed by atoms with E-state index in [9.17, 15) is 9.59 Å². The second kappa shape index (κ2) is 9.82. The van der Waals surface area contributed by atoms with Crippen LogP contribution in [0.1, 0.15) is 35.7 Å². The average molecular weight is 376 g/mol. The number of anilines is 1. The van der Waals surface area contributed by atoms with Crippen LogP contribution >= 0.6 is 11.6 Å². The summed E-state index contributed by atoms with van der Waals surface area (Å²) in [7, 11) is 0. The average Bonchev–Trinajstić information content (AvgIpc) is 2.61. The smallest absolute Gasteiger partial charge is 0.338 e. The maximum Gasteiger partial charge on any atom is 0.338 e. The second-order valence-electron chi connectivity index (χ2n) is 5.71. The highest BCUT2D eigenvalue weighted by molar-refractivity contribution is 6.30. The van der Waals surface area contributed by atoms with E-state index >= 15 is 0 Å². The summed E-state index contributed by atoms with van der Waals surface area (Å²) in [4.78, 5) is 23.6. The van der Waals surface area contributed by atoms with Crippen molar-refractivity contribution < 1.29 is 19.1 Å². The maximum absolute atomic E-state index is 12.0. The fourth-order valence-electron chi connectivity index (χ4n) is 2.32. The normalized spacial score (nSPS) is 10.3. The molecule has 2 aromatic rings. The van der Waals surface area contributed by atoms with Crippen LogP contribution in [0.25, 0.3) is 0 Å². The molecule has 2 rings (SSSR count). The molecule has 6 heteroatoms. The lowest BCUT2D eigenvalue weighted by molar-refractivity contribution is -0.116. The molecule has 0 heterocycles. The van der Waals surface area contributed by atoms with Gasteiger partial charge in [-0.1, -0.05) is 11.6 Å². The molecule has 0 unspecified atom stereocenters. The number of carbonyl (C=O) groups is 2. The lowest BCUT2D eigenvalue weighted by atomic mass is 10.2. The topological polar surface area (TPSA) is 64.6 Å². The van der Waals surface area contributed by atoms with Gasteiger partial charge in [0.1, 0.15) is 5.75 Å². The number of hydrogen-bond acceptors (Lipinski definition) is 4. The van der Waals surface area contributed by atoms with Crippen LogP contribution in [0.2, 0.25) is 5.02 Å². The summed E-state index contributed by atoms with van der Waals surface area (Å²) in [6, 6.07) is 12.0. The van der Waals surface area contributed by atoms with Crippen molar-refractivity contribution in [1.82, 2.24) is 0 Å². The van der Waals surface area contributed by atoms with Gasteiger partial charge >= 0.3 is 5.97 Å². The van der Waals surface area contributed by atoms with Gasteiger partial charge in [0.2, 0.25) is 5.91 Å². The molecule has 0 aliphatic carbocycles. The van der Waals surface area contributed by atoms with Gasteiger partial charge < -0.3 is 14.8 Å². The van der Waals surface area contributed by atoms with Gasteiger partial charge in [-0.25, -0.2) is 4.79 Å². The van der Waals surface area contributed by atoms with Gasteiger partial charge in [-0.15, -0.1) is 0 Å². The molecule has 138 valence electrons. The first-order valence-electron chi connectivity index (χ1n) is 8.45. The van der Waals surface area contributed by atoms with Gasteiger partial charge in [-0.3, -0.25) is 4.79 Å². The van der Waals surface area contributed by atoms with Gasteiger partial charge in [0.25, 0.3) is 0 Å². The fraction of sp³-hybridized carbons (Fsp3) is 0.300. The van der Waals surface area contributed by atoms with Crippen molar-refractivity contribution in [2.75, 3.05) is 18.5 Å². The molecular formula is C20H22ClNO4. The monoisotopic (exact) mass is 375 g/mol. The van der Waals surface area contributed by atoms with Gasteiger partial charge in [0, 0.05) is 17.1 Å². The molecule has 0 saturated carbocycles. The number of ether oxygens (including phenoxy) is 2. The summed E-state index contributed by atoms with van der Waals surface area (Å²) in [5.74, 6) is 0.287. The van der Waals surface area contributed by atoms with Gasteiger partial charge in [-0.2, -0.15) is 0 Å². The molecule has 1 amide bonds. The van der Waals surface area contributed by atoms with E-state index < -0.39 is 0 Å². The largest absolute Gasteiger partial charge is 0.493 e. The van der Waals surface area contributed by atoms with Crippen molar-refractivity contribution in [2.45, 2.75) is 26.7 Å². The highest BCUT2D eigenvalue weighted by atomic mass is 35.5. The number of nitrogens with one attached hydrogen (secondary N) is 1. The molecule has 0 bridgehead atoms. The summed E-state index contributed by atoms with van der Waals surface area (Å²) >= 11 is 5.91. The summed E-state index contributed by atoms with van der Waals surface area (Å²) in [6.07, 6.45) is 0.932. The van der Waals surface area contributed by atoms with Crippen LogP contribution in [0.4, 0.5) is 5.69 Å². The van der Waals surface area contributed by atoms with E-state index in [0.29, 0.717) is 42.3 Å². The minimum absolute atomic E-state index is 0.106. The Morgan fingerprint density at radius 2 is 1.85 bits per heavy atom. The zero-order chi connectivity index (χ0) is 18.9. The molecule has 0 aromatic heterocycles. The minimum Gasteiger partial charge on any atom is -0.493 e. The van der Waals surface area contributed by atoms with E-state index in [0.717, 1.165) is 11.3 Å². The number of hydrogen-bond donors (Lipinski definition) is 1. The van der Waals surface area contributed by atoms with E-state index in [1.54, 1.807) is 37.3 Å². The van der Waals surface area contributed by atoms with Gasteiger partial charge in [0.15, 0.2) is 0 Å². The van der Waals surface area contributed by atoms with Crippen molar-refractivity contribution in [3.63, 3.8) is 0 Å². The van der Waals surface area contributed by atoms with Crippen LogP contribution in [0.5, 0.6) is 5.75 Å². The molecule has 5 nitrogen and oxygen atoms in total. The van der Waals surface area contributed by atoms with Crippen molar-refractivity contribution in [3.05, 3.63) is 58.6 Å². The van der Waals surface area contributed by atoms with E-state index in [4.69, 9.17) is 21.1 Å². The molecule has 0 radical (unpaired) electrons. The summed E-state index contributed by atoms with van der Waals surface area (Å²) in [5, 5.41) is 3.46. The van der Waals surface area contributed by atoms with Gasteiger partial charge in [0.05, 0.1) is 18.8 Å². The third-order valence-electron chi connectivity index (χ3n) is 3.62. The van der Waals surface area contributed by atoms with Crippen LogP contribution in [0, 0.1) is 6.92 Å². The van der Waals surface area contributed by atoms with Crippen LogP contribution in [0.3, 0.4) is 0 Å². The van der Waals surface area contributed by atoms with Crippen molar-refractivity contribution >= 4 is 29.2 Å². The summed E-state index contributed by atoms with van der Waals surface area (Å²) in [5.41, 5.74) is 2.05. The number of rotatable bonds is 8. The quantitative estimate of drug-likeness (QED) is 0.540. The van der Waals surface area contributed by atoms with Crippen molar-refractivity contribution in [1.29, 1.82) is 0 Å². The van der Waals surface area contributed by atoms with Crippen molar-refractivity contribution in [2.24, 2.45) is 0 Å². The second-order valence-corrected chi connectivity index (χ2v) is 6.14. The Labute approximate surface area is 158 Å². The highest BCUT2D eigenvalue weighted by Gasteiger charge is 2.07. The number of esters is 1. The molecule has 0 aliphatic rings. The van der Waals surface area contributed by atoms with Crippen LogP contribution in [-0.4, -0.2) is 25.1 Å². The predicted octanol–water partition coefficient (Wildman–Crippen LogP) is 4.62. The Morgan fingerprint density at radius 1 is 1.12 bits per heavy atom. The molecule has 0 saturated heterocycles. The third kappa shape index (κ3) is 6.08. The number of benzene rings is 2. The van der Waals surface area contributed by atoms with Gasteiger partial charge in [-0.05, 0) is 68.3 Å². The van der Waals surface area contributed by atoms with E-state index in [-0.39, 0.29) is 11.9 Å². The Kier molecular flexibility index (Phi) is 7.48. The third-order valence-corrected chi connectivity index (χ3v) is 3.86. The fourth-order valence-corrected chi connectivity index (χ4v) is 2.54. The lowest BCUT2D eigenvalue weighted by Crippen LogP contribution is -2.13. The number of amides is 1. The molecule has 0 aliphatic heterocycles. The lowest BCUT2D eigenvalue weighted by Gasteiger charge is -2.10. The molecule has 26 heavy (non-hydrogen) atoms. The molecular weight excluding hydrogens is 354 g/mol. The number of halogens is 1. The minimum atomic E-state index is -0.375. The van der Waals surface area contributed by atoms with Crippen LogP contribution in [0.15, 0.2) is 42.5 Å². The molecule has 0 atom stereocenters. The molecule has 2 aromatic carbocycles. The summed E-state index contributed by atoms with van der Waals surface area (Å²) in [6.45, 7) is 4.45. The zero-order valence-corrected chi connectivity index (χ0v) is 15.6. The first-order valence-corrected chi connectivity index (χ1v) is 8.83. The summed E-state index contributed by atoms with van der Waals surface area (Å²) < 4.78 is 10.6. The Bertz CT molecular complexity index is 759. The number of carbonyl (C=O) groups excluding carboxylic acids is 2. The standard InChI is InChI=1S/C20H22ClNO4/c1-3-25-20(24)15-6-9-17(10-7-15)22-19(23)5-4-12-26-18-11-8-16(21)13-14(18)2/h6-11,13H,3-5,12H2,1-2H3,(H,22,23). The Balaban J connectivity index is 1.74.